The standard InChI is InChI=1S/C22H20N2O2S2/c25-28(26,14-12-17-7-2-1-3-8-17)24-16-20(22-11-6-13-27-22)19-15-23-21-10-5-4-9-18(19)21/h1-15,20,23-24H,16H2/b14-12+/t20-/m0/s1. The average Bonchev–Trinajstić information content (AvgIpc) is 3.39. The van der Waals surface area contributed by atoms with Crippen LogP contribution in [0.3, 0.4) is 0 Å². The summed E-state index contributed by atoms with van der Waals surface area (Å²) in [5, 5.41) is 4.35. The number of nitrogens with one attached hydrogen (secondary N) is 2. The van der Waals surface area contributed by atoms with Gasteiger partial charge in [0.1, 0.15) is 0 Å². The molecular weight excluding hydrogens is 388 g/mol. The molecule has 2 aromatic carbocycles. The van der Waals surface area contributed by atoms with Crippen molar-refractivity contribution in [2.75, 3.05) is 6.54 Å². The molecule has 6 heteroatoms. The molecule has 0 saturated heterocycles. The van der Waals surface area contributed by atoms with Crippen molar-refractivity contribution in [1.29, 1.82) is 0 Å². The summed E-state index contributed by atoms with van der Waals surface area (Å²) in [5.41, 5.74) is 2.98. The average molecular weight is 409 g/mol. The number of rotatable bonds is 7. The highest BCUT2D eigenvalue weighted by atomic mass is 32.2. The Bertz CT molecular complexity index is 1180. The second-order valence-electron chi connectivity index (χ2n) is 6.46. The fourth-order valence-corrected chi connectivity index (χ4v) is 4.89. The van der Waals surface area contributed by atoms with Crippen LogP contribution < -0.4 is 4.72 Å². The number of benzene rings is 2. The fraction of sp³-hybridized carbons (Fsp3) is 0.0909. The fourth-order valence-electron chi connectivity index (χ4n) is 3.22. The van der Waals surface area contributed by atoms with E-state index >= 15 is 0 Å². The second-order valence-corrected chi connectivity index (χ2v) is 9.09. The predicted molar refractivity (Wildman–Crippen MR) is 117 cm³/mol. The number of H-pyrrole nitrogens is 1. The summed E-state index contributed by atoms with van der Waals surface area (Å²) in [6.45, 7) is 0.295. The van der Waals surface area contributed by atoms with Gasteiger partial charge in [-0.3, -0.25) is 0 Å². The number of hydrogen-bond donors (Lipinski definition) is 2. The molecule has 0 unspecified atom stereocenters. The van der Waals surface area contributed by atoms with Crippen molar-refractivity contribution in [2.45, 2.75) is 5.92 Å². The van der Waals surface area contributed by atoms with Gasteiger partial charge in [-0.25, -0.2) is 13.1 Å². The van der Waals surface area contributed by atoms with Crippen molar-refractivity contribution >= 4 is 38.3 Å². The van der Waals surface area contributed by atoms with E-state index in [4.69, 9.17) is 0 Å². The van der Waals surface area contributed by atoms with Gasteiger partial charge < -0.3 is 4.98 Å². The van der Waals surface area contributed by atoms with Crippen LogP contribution in [0.4, 0.5) is 0 Å². The van der Waals surface area contributed by atoms with E-state index in [0.717, 1.165) is 26.9 Å². The van der Waals surface area contributed by atoms with Crippen molar-refractivity contribution in [3.8, 4) is 0 Å². The molecule has 1 atom stereocenters. The Morgan fingerprint density at radius 1 is 1.00 bits per heavy atom. The van der Waals surface area contributed by atoms with E-state index in [1.807, 2.05) is 72.2 Å². The molecular formula is C22H20N2O2S2. The Hall–Kier alpha value is -2.67. The van der Waals surface area contributed by atoms with Crippen molar-refractivity contribution in [3.63, 3.8) is 0 Å². The summed E-state index contributed by atoms with van der Waals surface area (Å²) in [5.74, 6) is -0.0592. The summed E-state index contributed by atoms with van der Waals surface area (Å²) >= 11 is 1.63. The predicted octanol–water partition coefficient (Wildman–Crippen LogP) is 4.95. The van der Waals surface area contributed by atoms with Crippen molar-refractivity contribution in [3.05, 3.63) is 99.7 Å². The summed E-state index contributed by atoms with van der Waals surface area (Å²) in [4.78, 5) is 4.41. The van der Waals surface area contributed by atoms with E-state index in [0.29, 0.717) is 6.54 Å². The lowest BCUT2D eigenvalue weighted by Crippen LogP contribution is -2.27. The van der Waals surface area contributed by atoms with E-state index in [-0.39, 0.29) is 5.92 Å². The molecule has 0 aliphatic rings. The molecule has 0 bridgehead atoms. The van der Waals surface area contributed by atoms with E-state index in [1.165, 1.54) is 5.41 Å². The summed E-state index contributed by atoms with van der Waals surface area (Å²) in [6, 6.07) is 21.5. The van der Waals surface area contributed by atoms with Gasteiger partial charge >= 0.3 is 0 Å². The normalized spacial score (nSPS) is 13.3. The number of fused-ring (bicyclic) bond motifs is 1. The van der Waals surface area contributed by atoms with Crippen LogP contribution in [0.2, 0.25) is 0 Å². The van der Waals surface area contributed by atoms with Crippen molar-refractivity contribution < 1.29 is 8.42 Å². The number of para-hydroxylation sites is 1. The van der Waals surface area contributed by atoms with Gasteiger partial charge in [0.15, 0.2) is 0 Å². The van der Waals surface area contributed by atoms with Crippen LogP contribution in [0.25, 0.3) is 17.0 Å². The minimum atomic E-state index is -3.55. The molecule has 4 rings (SSSR count). The van der Waals surface area contributed by atoms with Crippen molar-refractivity contribution in [2.24, 2.45) is 0 Å². The zero-order valence-corrected chi connectivity index (χ0v) is 16.7. The lowest BCUT2D eigenvalue weighted by atomic mass is 9.97. The molecule has 0 fully saturated rings. The Labute approximate surface area is 168 Å². The van der Waals surface area contributed by atoms with E-state index in [1.54, 1.807) is 17.4 Å². The minimum Gasteiger partial charge on any atom is -0.361 e. The largest absolute Gasteiger partial charge is 0.361 e. The number of aromatic nitrogens is 1. The molecule has 2 N–H and O–H groups in total. The highest BCUT2D eigenvalue weighted by Gasteiger charge is 2.20. The molecule has 0 amide bonds. The lowest BCUT2D eigenvalue weighted by Gasteiger charge is -2.15. The first-order valence-electron chi connectivity index (χ1n) is 8.94. The number of aromatic amines is 1. The van der Waals surface area contributed by atoms with Gasteiger partial charge in [0.25, 0.3) is 0 Å². The maximum absolute atomic E-state index is 12.5. The van der Waals surface area contributed by atoms with Crippen molar-refractivity contribution in [1.82, 2.24) is 9.71 Å². The Kier molecular flexibility index (Phi) is 5.43. The third-order valence-electron chi connectivity index (χ3n) is 4.61. The number of hydrogen-bond acceptors (Lipinski definition) is 3. The highest BCUT2D eigenvalue weighted by Crippen LogP contribution is 2.32. The SMILES string of the molecule is O=S(=O)(/C=C/c1ccccc1)NC[C@H](c1cccs1)c1c[nH]c2ccccc12. The highest BCUT2D eigenvalue weighted by molar-refractivity contribution is 7.92. The van der Waals surface area contributed by atoms with Crippen LogP contribution in [0, 0.1) is 0 Å². The zero-order valence-electron chi connectivity index (χ0n) is 15.1. The molecule has 0 spiro atoms. The Balaban J connectivity index is 1.58. The maximum atomic E-state index is 12.5. The summed E-state index contributed by atoms with van der Waals surface area (Å²) < 4.78 is 27.8. The monoisotopic (exact) mass is 408 g/mol. The topological polar surface area (TPSA) is 62.0 Å². The summed E-state index contributed by atoms with van der Waals surface area (Å²) in [6.07, 6.45) is 3.58. The van der Waals surface area contributed by atoms with E-state index in [9.17, 15) is 8.42 Å². The summed E-state index contributed by atoms with van der Waals surface area (Å²) in [7, 11) is -3.55. The smallest absolute Gasteiger partial charge is 0.233 e. The van der Waals surface area contributed by atoms with E-state index in [2.05, 4.69) is 15.8 Å². The van der Waals surface area contributed by atoms with Crippen LogP contribution in [-0.4, -0.2) is 19.9 Å². The molecule has 0 radical (unpaired) electrons. The van der Waals surface area contributed by atoms with E-state index < -0.39 is 10.0 Å². The molecule has 2 aromatic heterocycles. The molecule has 0 saturated carbocycles. The van der Waals surface area contributed by atoms with Gasteiger partial charge in [-0.05, 0) is 34.7 Å². The minimum absolute atomic E-state index is 0.0592. The molecule has 28 heavy (non-hydrogen) atoms. The van der Waals surface area contributed by atoms with Crippen LogP contribution in [0.5, 0.6) is 0 Å². The Morgan fingerprint density at radius 3 is 2.57 bits per heavy atom. The molecule has 142 valence electrons. The molecule has 4 nitrogen and oxygen atoms in total. The van der Waals surface area contributed by atoms with Crippen LogP contribution in [0.1, 0.15) is 21.9 Å². The van der Waals surface area contributed by atoms with Crippen LogP contribution in [0.15, 0.2) is 83.7 Å². The first-order chi connectivity index (χ1) is 13.6. The molecule has 2 heterocycles. The van der Waals surface area contributed by atoms with Gasteiger partial charge in [0.2, 0.25) is 10.0 Å². The third kappa shape index (κ3) is 4.25. The quantitative estimate of drug-likeness (QED) is 0.454. The van der Waals surface area contributed by atoms with Gasteiger partial charge in [-0.2, -0.15) is 0 Å². The maximum Gasteiger partial charge on any atom is 0.233 e. The second kappa shape index (κ2) is 8.14. The van der Waals surface area contributed by atoms with Gasteiger partial charge in [-0.15, -0.1) is 11.3 Å². The third-order valence-corrected chi connectivity index (χ3v) is 6.66. The molecule has 0 aliphatic carbocycles. The number of sulfonamides is 1. The van der Waals surface area contributed by atoms with Gasteiger partial charge in [0, 0.05) is 39.8 Å². The van der Waals surface area contributed by atoms with Gasteiger partial charge in [0.05, 0.1) is 0 Å². The van der Waals surface area contributed by atoms with Crippen LogP contribution in [-0.2, 0) is 10.0 Å². The first kappa shape index (κ1) is 18.7. The Morgan fingerprint density at radius 2 is 1.79 bits per heavy atom. The molecule has 4 aromatic rings. The van der Waals surface area contributed by atoms with Gasteiger partial charge in [-0.1, -0.05) is 54.6 Å². The lowest BCUT2D eigenvalue weighted by molar-refractivity contribution is 0.587. The first-order valence-corrected chi connectivity index (χ1v) is 11.4. The van der Waals surface area contributed by atoms with Crippen LogP contribution >= 0.6 is 11.3 Å². The molecule has 0 aliphatic heterocycles. The number of thiophene rings is 1. The zero-order chi connectivity index (χ0) is 19.4.